The van der Waals surface area contributed by atoms with Gasteiger partial charge in [-0.25, -0.2) is 4.79 Å². The summed E-state index contributed by atoms with van der Waals surface area (Å²) < 4.78 is 0. The van der Waals surface area contributed by atoms with Crippen molar-refractivity contribution in [3.8, 4) is 0 Å². The lowest BCUT2D eigenvalue weighted by Crippen LogP contribution is -2.36. The van der Waals surface area contributed by atoms with Gasteiger partial charge in [-0.15, -0.1) is 0 Å². The Morgan fingerprint density at radius 1 is 1.09 bits per heavy atom. The van der Waals surface area contributed by atoms with Crippen LogP contribution in [0.15, 0.2) is 48.5 Å². The van der Waals surface area contributed by atoms with Gasteiger partial charge in [-0.05, 0) is 56.4 Å². The summed E-state index contributed by atoms with van der Waals surface area (Å²) in [6.45, 7) is 6.05. The molecule has 0 saturated heterocycles. The molecule has 0 aliphatic rings. The molecular formula is C19H24N2O. The Morgan fingerprint density at radius 3 is 2.55 bits per heavy atom. The van der Waals surface area contributed by atoms with E-state index in [1.54, 1.807) is 0 Å². The van der Waals surface area contributed by atoms with Crippen molar-refractivity contribution < 1.29 is 4.79 Å². The maximum absolute atomic E-state index is 12.1. The van der Waals surface area contributed by atoms with E-state index in [1.165, 1.54) is 5.56 Å². The molecule has 116 valence electrons. The summed E-state index contributed by atoms with van der Waals surface area (Å²) >= 11 is 0. The molecule has 0 heterocycles. The van der Waals surface area contributed by atoms with Crippen molar-refractivity contribution in [2.24, 2.45) is 0 Å². The van der Waals surface area contributed by atoms with E-state index in [9.17, 15) is 4.79 Å². The Balaban J connectivity index is 1.82. The molecule has 0 fully saturated rings. The Labute approximate surface area is 132 Å². The first-order valence-corrected chi connectivity index (χ1v) is 7.73. The van der Waals surface area contributed by atoms with Crippen molar-refractivity contribution in [1.82, 2.24) is 5.32 Å². The topological polar surface area (TPSA) is 41.1 Å². The molecule has 0 bridgehead atoms. The Bertz CT molecular complexity index is 623. The molecule has 2 amide bonds. The van der Waals surface area contributed by atoms with E-state index in [4.69, 9.17) is 0 Å². The molecule has 3 nitrogen and oxygen atoms in total. The van der Waals surface area contributed by atoms with Crippen molar-refractivity contribution in [1.29, 1.82) is 0 Å². The van der Waals surface area contributed by atoms with Crippen molar-refractivity contribution in [3.63, 3.8) is 0 Å². The van der Waals surface area contributed by atoms with Gasteiger partial charge in [-0.1, -0.05) is 42.5 Å². The number of hydrogen-bond acceptors (Lipinski definition) is 1. The lowest BCUT2D eigenvalue weighted by atomic mass is 10.1. The molecule has 1 unspecified atom stereocenters. The number of anilines is 1. The van der Waals surface area contributed by atoms with Crippen LogP contribution in [0.3, 0.4) is 0 Å². The Morgan fingerprint density at radius 2 is 1.82 bits per heavy atom. The largest absolute Gasteiger partial charge is 0.335 e. The first kappa shape index (κ1) is 16.1. The second-order valence-corrected chi connectivity index (χ2v) is 5.84. The van der Waals surface area contributed by atoms with E-state index in [1.807, 2.05) is 57.2 Å². The molecule has 0 aromatic heterocycles. The van der Waals surface area contributed by atoms with Gasteiger partial charge in [0.2, 0.25) is 0 Å². The van der Waals surface area contributed by atoms with E-state index in [2.05, 4.69) is 22.8 Å². The first-order valence-electron chi connectivity index (χ1n) is 7.73. The third-order valence-electron chi connectivity index (χ3n) is 3.73. The summed E-state index contributed by atoms with van der Waals surface area (Å²) in [5.41, 5.74) is 4.37. The lowest BCUT2D eigenvalue weighted by molar-refractivity contribution is 0.248. The standard InChI is InChI=1S/C19H24N2O/c1-14-9-10-15(2)18(13-14)21-19(22)20-16(3)11-12-17-7-5-4-6-8-17/h4-10,13,16H,11-12H2,1-3H3,(H2,20,21,22). The number of hydrogen-bond donors (Lipinski definition) is 2. The number of amides is 2. The van der Waals surface area contributed by atoms with Gasteiger partial charge in [0.05, 0.1) is 0 Å². The molecule has 1 atom stereocenters. The van der Waals surface area contributed by atoms with Gasteiger partial charge in [0.15, 0.2) is 0 Å². The van der Waals surface area contributed by atoms with E-state index < -0.39 is 0 Å². The molecule has 0 spiro atoms. The van der Waals surface area contributed by atoms with Gasteiger partial charge >= 0.3 is 6.03 Å². The number of urea groups is 1. The highest BCUT2D eigenvalue weighted by atomic mass is 16.2. The molecule has 2 aromatic rings. The summed E-state index contributed by atoms with van der Waals surface area (Å²) in [5, 5.41) is 5.93. The summed E-state index contributed by atoms with van der Waals surface area (Å²) in [6, 6.07) is 16.4. The van der Waals surface area contributed by atoms with E-state index in [0.29, 0.717) is 0 Å². The van der Waals surface area contributed by atoms with Crippen LogP contribution >= 0.6 is 0 Å². The van der Waals surface area contributed by atoms with Gasteiger partial charge in [-0.3, -0.25) is 0 Å². The van der Waals surface area contributed by atoms with Crippen LogP contribution < -0.4 is 10.6 Å². The summed E-state index contributed by atoms with van der Waals surface area (Å²) in [7, 11) is 0. The van der Waals surface area contributed by atoms with Gasteiger partial charge in [0, 0.05) is 11.7 Å². The average molecular weight is 296 g/mol. The van der Waals surface area contributed by atoms with Crippen molar-refractivity contribution >= 4 is 11.7 Å². The summed E-state index contributed by atoms with van der Waals surface area (Å²) in [5.74, 6) is 0. The zero-order valence-corrected chi connectivity index (χ0v) is 13.5. The smallest absolute Gasteiger partial charge is 0.319 e. The number of aryl methyl sites for hydroxylation is 3. The molecule has 3 heteroatoms. The molecular weight excluding hydrogens is 272 g/mol. The normalized spacial score (nSPS) is 11.8. The molecule has 0 aliphatic heterocycles. The van der Waals surface area contributed by atoms with Gasteiger partial charge in [-0.2, -0.15) is 0 Å². The van der Waals surface area contributed by atoms with Crippen LogP contribution in [0.5, 0.6) is 0 Å². The molecule has 0 radical (unpaired) electrons. The Kier molecular flexibility index (Phi) is 5.59. The SMILES string of the molecule is Cc1ccc(C)c(NC(=O)NC(C)CCc2ccccc2)c1. The van der Waals surface area contributed by atoms with Gasteiger partial charge < -0.3 is 10.6 Å². The van der Waals surface area contributed by atoms with E-state index >= 15 is 0 Å². The predicted octanol–water partition coefficient (Wildman–Crippen LogP) is 4.45. The fraction of sp³-hybridized carbons (Fsp3) is 0.316. The number of nitrogens with one attached hydrogen (secondary N) is 2. The zero-order valence-electron chi connectivity index (χ0n) is 13.5. The maximum Gasteiger partial charge on any atom is 0.319 e. The predicted molar refractivity (Wildman–Crippen MR) is 92.3 cm³/mol. The Hall–Kier alpha value is -2.29. The summed E-state index contributed by atoms with van der Waals surface area (Å²) in [4.78, 5) is 12.1. The van der Waals surface area contributed by atoms with Gasteiger partial charge in [0.25, 0.3) is 0 Å². The highest BCUT2D eigenvalue weighted by molar-refractivity contribution is 5.90. The minimum Gasteiger partial charge on any atom is -0.335 e. The number of carbonyl (C=O) groups excluding carboxylic acids is 1. The molecule has 2 N–H and O–H groups in total. The first-order chi connectivity index (χ1) is 10.5. The highest BCUT2D eigenvalue weighted by Crippen LogP contribution is 2.16. The summed E-state index contributed by atoms with van der Waals surface area (Å²) in [6.07, 6.45) is 1.88. The average Bonchev–Trinajstić information content (AvgIpc) is 2.50. The lowest BCUT2D eigenvalue weighted by Gasteiger charge is -2.16. The quantitative estimate of drug-likeness (QED) is 0.841. The maximum atomic E-state index is 12.1. The molecule has 2 rings (SSSR count). The van der Waals surface area contributed by atoms with Crippen molar-refractivity contribution in [2.75, 3.05) is 5.32 Å². The zero-order chi connectivity index (χ0) is 15.9. The number of carbonyl (C=O) groups is 1. The van der Waals surface area contributed by atoms with Crippen LogP contribution in [-0.2, 0) is 6.42 Å². The third kappa shape index (κ3) is 4.92. The molecule has 0 aliphatic carbocycles. The highest BCUT2D eigenvalue weighted by Gasteiger charge is 2.09. The van der Waals surface area contributed by atoms with E-state index in [-0.39, 0.29) is 12.1 Å². The van der Waals surface area contributed by atoms with Crippen molar-refractivity contribution in [2.45, 2.75) is 39.7 Å². The van der Waals surface area contributed by atoms with Crippen LogP contribution in [0.2, 0.25) is 0 Å². The molecule has 2 aromatic carbocycles. The van der Waals surface area contributed by atoms with Crippen LogP contribution in [0.25, 0.3) is 0 Å². The molecule has 0 saturated carbocycles. The van der Waals surface area contributed by atoms with Crippen LogP contribution in [-0.4, -0.2) is 12.1 Å². The van der Waals surface area contributed by atoms with Crippen LogP contribution in [0, 0.1) is 13.8 Å². The van der Waals surface area contributed by atoms with Crippen LogP contribution in [0.1, 0.15) is 30.0 Å². The van der Waals surface area contributed by atoms with Crippen LogP contribution in [0.4, 0.5) is 10.5 Å². The van der Waals surface area contributed by atoms with E-state index in [0.717, 1.165) is 29.7 Å². The second kappa shape index (κ2) is 7.64. The monoisotopic (exact) mass is 296 g/mol. The minimum atomic E-state index is -0.144. The fourth-order valence-corrected chi connectivity index (χ4v) is 2.35. The van der Waals surface area contributed by atoms with Gasteiger partial charge in [0.1, 0.15) is 0 Å². The fourth-order valence-electron chi connectivity index (χ4n) is 2.35. The van der Waals surface area contributed by atoms with Crippen molar-refractivity contribution in [3.05, 3.63) is 65.2 Å². The minimum absolute atomic E-state index is 0.130. The third-order valence-corrected chi connectivity index (χ3v) is 3.73. The second-order valence-electron chi connectivity index (χ2n) is 5.84. The molecule has 22 heavy (non-hydrogen) atoms. The number of rotatable bonds is 5. The number of benzene rings is 2.